The van der Waals surface area contributed by atoms with Crippen molar-refractivity contribution in [2.75, 3.05) is 6.54 Å². The molecule has 0 fully saturated rings. The van der Waals surface area contributed by atoms with Crippen molar-refractivity contribution in [2.24, 2.45) is 5.73 Å². The highest BCUT2D eigenvalue weighted by Crippen LogP contribution is 2.26. The highest BCUT2D eigenvalue weighted by molar-refractivity contribution is 5.82. The van der Waals surface area contributed by atoms with Crippen molar-refractivity contribution in [3.63, 3.8) is 0 Å². The van der Waals surface area contributed by atoms with E-state index >= 15 is 0 Å². The first-order valence-corrected chi connectivity index (χ1v) is 7.92. The second kappa shape index (κ2) is 5.93. The third kappa shape index (κ3) is 2.53. The molecule has 114 valence electrons. The van der Waals surface area contributed by atoms with Crippen LogP contribution in [0, 0.1) is 13.8 Å². The van der Waals surface area contributed by atoms with Gasteiger partial charge in [0.1, 0.15) is 5.82 Å². The van der Waals surface area contributed by atoms with Gasteiger partial charge in [-0.05, 0) is 61.7 Å². The first kappa shape index (κ1) is 14.8. The Balaban J connectivity index is 2.20. The fourth-order valence-electron chi connectivity index (χ4n) is 3.08. The molecule has 1 heterocycles. The lowest BCUT2D eigenvalue weighted by Gasteiger charge is -2.10. The molecule has 0 aliphatic carbocycles. The number of hydrogen-bond donors (Lipinski definition) is 1. The number of benzene rings is 2. The van der Waals surface area contributed by atoms with Crippen LogP contribution in [0.15, 0.2) is 36.4 Å². The van der Waals surface area contributed by atoms with Gasteiger partial charge < -0.3 is 5.73 Å². The summed E-state index contributed by atoms with van der Waals surface area (Å²) in [6.45, 7) is 7.12. The van der Waals surface area contributed by atoms with Gasteiger partial charge in [-0.1, -0.05) is 25.1 Å². The molecule has 3 nitrogen and oxygen atoms in total. The zero-order valence-corrected chi connectivity index (χ0v) is 13.6. The fourth-order valence-corrected chi connectivity index (χ4v) is 3.08. The van der Waals surface area contributed by atoms with E-state index in [1.165, 1.54) is 27.9 Å². The summed E-state index contributed by atoms with van der Waals surface area (Å²) in [6.07, 6.45) is 1.83. The maximum Gasteiger partial charge on any atom is 0.114 e. The molecule has 3 heteroatoms. The van der Waals surface area contributed by atoms with E-state index in [4.69, 9.17) is 10.7 Å². The Morgan fingerprint density at radius 2 is 1.82 bits per heavy atom. The van der Waals surface area contributed by atoms with E-state index < -0.39 is 0 Å². The van der Waals surface area contributed by atoms with Crippen LogP contribution >= 0.6 is 0 Å². The lowest BCUT2D eigenvalue weighted by molar-refractivity contribution is 0.905. The molecule has 0 unspecified atom stereocenters. The summed E-state index contributed by atoms with van der Waals surface area (Å²) in [7, 11) is 0. The third-order valence-corrected chi connectivity index (χ3v) is 4.11. The van der Waals surface area contributed by atoms with Gasteiger partial charge in [0.05, 0.1) is 11.0 Å². The van der Waals surface area contributed by atoms with Crippen LogP contribution < -0.4 is 5.73 Å². The van der Waals surface area contributed by atoms with Gasteiger partial charge in [-0.3, -0.25) is 4.57 Å². The molecule has 0 aliphatic rings. The van der Waals surface area contributed by atoms with Crippen LogP contribution in [0.5, 0.6) is 0 Å². The molecular weight excluding hydrogens is 270 g/mol. The quantitative estimate of drug-likeness (QED) is 0.797. The number of rotatable bonds is 4. The van der Waals surface area contributed by atoms with Gasteiger partial charge in [0.2, 0.25) is 0 Å². The molecule has 0 bridgehead atoms. The van der Waals surface area contributed by atoms with Crippen molar-refractivity contribution in [1.29, 1.82) is 0 Å². The highest BCUT2D eigenvalue weighted by Gasteiger charge is 2.13. The van der Waals surface area contributed by atoms with Crippen LogP contribution in [0.25, 0.3) is 16.7 Å². The highest BCUT2D eigenvalue weighted by atomic mass is 15.1. The van der Waals surface area contributed by atoms with E-state index in [0.717, 1.165) is 24.2 Å². The monoisotopic (exact) mass is 293 g/mol. The molecule has 0 saturated heterocycles. The molecule has 0 radical (unpaired) electrons. The Hall–Kier alpha value is -2.13. The number of aryl methyl sites for hydroxylation is 3. The molecule has 3 rings (SSSR count). The number of imidazole rings is 1. The van der Waals surface area contributed by atoms with Crippen LogP contribution in [0.4, 0.5) is 0 Å². The molecule has 0 atom stereocenters. The van der Waals surface area contributed by atoms with Crippen LogP contribution in [0.3, 0.4) is 0 Å². The minimum Gasteiger partial charge on any atom is -0.330 e. The molecule has 0 spiro atoms. The number of fused-ring (bicyclic) bond motifs is 1. The van der Waals surface area contributed by atoms with E-state index in [-0.39, 0.29) is 0 Å². The predicted molar refractivity (Wildman–Crippen MR) is 92.7 cm³/mol. The average molecular weight is 293 g/mol. The second-order valence-electron chi connectivity index (χ2n) is 5.87. The van der Waals surface area contributed by atoms with Crippen LogP contribution in [-0.4, -0.2) is 16.1 Å². The zero-order valence-electron chi connectivity index (χ0n) is 13.6. The largest absolute Gasteiger partial charge is 0.330 e. The van der Waals surface area contributed by atoms with Crippen molar-refractivity contribution in [1.82, 2.24) is 9.55 Å². The van der Waals surface area contributed by atoms with Crippen molar-refractivity contribution in [2.45, 2.75) is 33.6 Å². The Morgan fingerprint density at radius 3 is 2.45 bits per heavy atom. The number of hydrogen-bond acceptors (Lipinski definition) is 2. The fraction of sp³-hybridized carbons (Fsp3) is 0.316. The zero-order chi connectivity index (χ0) is 15.7. The smallest absolute Gasteiger partial charge is 0.114 e. The number of nitrogens with zero attached hydrogens (tertiary/aromatic N) is 2. The first-order chi connectivity index (χ1) is 10.6. The Bertz CT molecular complexity index is 798. The Kier molecular flexibility index (Phi) is 3.99. The number of aromatic nitrogens is 2. The minimum atomic E-state index is 0.686. The van der Waals surface area contributed by atoms with Gasteiger partial charge in [-0.2, -0.15) is 0 Å². The Labute approximate surface area is 131 Å². The van der Waals surface area contributed by atoms with Crippen LogP contribution in [-0.2, 0) is 12.8 Å². The Morgan fingerprint density at radius 1 is 1.09 bits per heavy atom. The van der Waals surface area contributed by atoms with Crippen molar-refractivity contribution in [3.8, 4) is 5.69 Å². The SMILES string of the molecule is CCc1nc2c(C)cc(C)cc2n1-c1ccc(CCN)cc1. The minimum absolute atomic E-state index is 0.686. The third-order valence-electron chi connectivity index (χ3n) is 4.11. The van der Waals surface area contributed by atoms with Gasteiger partial charge in [0, 0.05) is 12.1 Å². The van der Waals surface area contributed by atoms with E-state index in [1.807, 2.05) is 0 Å². The van der Waals surface area contributed by atoms with Gasteiger partial charge >= 0.3 is 0 Å². The van der Waals surface area contributed by atoms with Gasteiger partial charge in [0.25, 0.3) is 0 Å². The normalized spacial score (nSPS) is 11.3. The van der Waals surface area contributed by atoms with Gasteiger partial charge in [-0.15, -0.1) is 0 Å². The molecule has 2 aromatic carbocycles. The lowest BCUT2D eigenvalue weighted by Crippen LogP contribution is -2.04. The summed E-state index contributed by atoms with van der Waals surface area (Å²) >= 11 is 0. The molecule has 0 aliphatic heterocycles. The van der Waals surface area contributed by atoms with E-state index in [0.29, 0.717) is 6.54 Å². The van der Waals surface area contributed by atoms with Crippen LogP contribution in [0.1, 0.15) is 29.4 Å². The van der Waals surface area contributed by atoms with Crippen LogP contribution in [0.2, 0.25) is 0 Å². The van der Waals surface area contributed by atoms with Gasteiger partial charge in [0.15, 0.2) is 0 Å². The lowest BCUT2D eigenvalue weighted by atomic mass is 10.1. The maximum absolute atomic E-state index is 5.63. The molecule has 3 aromatic rings. The summed E-state index contributed by atoms with van der Waals surface area (Å²) in [5.41, 5.74) is 12.9. The van der Waals surface area contributed by atoms with Crippen molar-refractivity contribution >= 4 is 11.0 Å². The molecule has 0 saturated carbocycles. The van der Waals surface area contributed by atoms with Gasteiger partial charge in [-0.25, -0.2) is 4.98 Å². The molecular formula is C19H23N3. The summed E-state index contributed by atoms with van der Waals surface area (Å²) in [5.74, 6) is 1.11. The summed E-state index contributed by atoms with van der Waals surface area (Å²) < 4.78 is 2.28. The second-order valence-corrected chi connectivity index (χ2v) is 5.87. The standard InChI is InChI=1S/C19H23N3/c1-4-18-21-19-14(3)11-13(2)12-17(19)22(18)16-7-5-15(6-8-16)9-10-20/h5-8,11-12H,4,9-10,20H2,1-3H3. The molecule has 0 amide bonds. The summed E-state index contributed by atoms with van der Waals surface area (Å²) in [4.78, 5) is 4.85. The molecule has 1 aromatic heterocycles. The predicted octanol–water partition coefficient (Wildman–Crippen LogP) is 3.71. The summed E-state index contributed by atoms with van der Waals surface area (Å²) in [5, 5.41) is 0. The molecule has 22 heavy (non-hydrogen) atoms. The first-order valence-electron chi connectivity index (χ1n) is 7.92. The van der Waals surface area contributed by atoms with E-state index in [9.17, 15) is 0 Å². The number of nitrogens with two attached hydrogens (primary N) is 1. The summed E-state index contributed by atoms with van der Waals surface area (Å²) in [6, 6.07) is 13.1. The molecule has 2 N–H and O–H groups in total. The van der Waals surface area contributed by atoms with E-state index in [1.54, 1.807) is 0 Å². The van der Waals surface area contributed by atoms with E-state index in [2.05, 4.69) is 61.7 Å². The topological polar surface area (TPSA) is 43.8 Å². The maximum atomic E-state index is 5.63. The van der Waals surface area contributed by atoms with Crippen molar-refractivity contribution < 1.29 is 0 Å². The average Bonchev–Trinajstić information content (AvgIpc) is 2.87. The van der Waals surface area contributed by atoms with Crippen molar-refractivity contribution in [3.05, 3.63) is 58.9 Å².